The number of carbonyl (C=O) groups excluding carboxylic acids is 1. The standard InChI is InChI=1S/C8H5ClF3NO3/c9-2-4-1-6(16-8(10,11)12)7(15)5(3-14)13-4/h1,3,15H,2H2. The van der Waals surface area contributed by atoms with Crippen molar-refractivity contribution in [2.45, 2.75) is 12.2 Å². The molecule has 0 saturated carbocycles. The zero-order chi connectivity index (χ0) is 12.3. The van der Waals surface area contributed by atoms with E-state index in [1.54, 1.807) is 0 Å². The second-order valence-electron chi connectivity index (χ2n) is 2.64. The molecular formula is C8H5ClF3NO3. The number of aldehydes is 1. The van der Waals surface area contributed by atoms with Crippen molar-refractivity contribution < 1.29 is 27.8 Å². The predicted molar refractivity (Wildman–Crippen MR) is 47.5 cm³/mol. The Kier molecular flexibility index (Phi) is 3.58. The van der Waals surface area contributed by atoms with Crippen molar-refractivity contribution in [3.05, 3.63) is 17.5 Å². The quantitative estimate of drug-likeness (QED) is 0.665. The van der Waals surface area contributed by atoms with E-state index in [0.717, 1.165) is 6.07 Å². The van der Waals surface area contributed by atoms with Crippen LogP contribution in [0.2, 0.25) is 0 Å². The maximum absolute atomic E-state index is 11.9. The van der Waals surface area contributed by atoms with E-state index in [-0.39, 0.29) is 17.9 Å². The molecule has 0 aromatic carbocycles. The SMILES string of the molecule is O=Cc1nc(CCl)cc(OC(F)(F)F)c1O. The molecule has 16 heavy (non-hydrogen) atoms. The van der Waals surface area contributed by atoms with Crippen LogP contribution < -0.4 is 4.74 Å². The summed E-state index contributed by atoms with van der Waals surface area (Å²) in [4.78, 5) is 13.9. The Morgan fingerprint density at radius 3 is 2.62 bits per heavy atom. The average Bonchev–Trinajstić information content (AvgIpc) is 2.19. The number of pyridine rings is 1. The number of hydrogen-bond acceptors (Lipinski definition) is 4. The highest BCUT2D eigenvalue weighted by Gasteiger charge is 2.33. The van der Waals surface area contributed by atoms with E-state index >= 15 is 0 Å². The van der Waals surface area contributed by atoms with Crippen LogP contribution in [0.15, 0.2) is 6.07 Å². The van der Waals surface area contributed by atoms with Gasteiger partial charge >= 0.3 is 6.36 Å². The molecule has 0 aliphatic carbocycles. The van der Waals surface area contributed by atoms with Crippen molar-refractivity contribution in [1.82, 2.24) is 4.98 Å². The molecule has 0 fully saturated rings. The van der Waals surface area contributed by atoms with Crippen molar-refractivity contribution in [1.29, 1.82) is 0 Å². The first kappa shape index (κ1) is 12.6. The largest absolute Gasteiger partial charge is 0.573 e. The Hall–Kier alpha value is -1.50. The van der Waals surface area contributed by atoms with Crippen LogP contribution in [0.5, 0.6) is 11.5 Å². The Morgan fingerprint density at radius 2 is 2.19 bits per heavy atom. The summed E-state index contributed by atoms with van der Waals surface area (Å²) in [7, 11) is 0. The average molecular weight is 256 g/mol. The lowest BCUT2D eigenvalue weighted by Crippen LogP contribution is -2.17. The molecule has 0 unspecified atom stereocenters. The smallest absolute Gasteiger partial charge is 0.503 e. The molecular weight excluding hydrogens is 251 g/mol. The van der Waals surface area contributed by atoms with Gasteiger partial charge in [-0.3, -0.25) is 4.79 Å². The first-order valence-electron chi connectivity index (χ1n) is 3.87. The molecule has 0 amide bonds. The molecule has 1 aromatic rings. The number of nitrogens with zero attached hydrogens (tertiary/aromatic N) is 1. The number of carbonyl (C=O) groups is 1. The minimum Gasteiger partial charge on any atom is -0.503 e. The van der Waals surface area contributed by atoms with Gasteiger partial charge in [-0.1, -0.05) is 0 Å². The van der Waals surface area contributed by atoms with Gasteiger partial charge in [0.2, 0.25) is 0 Å². The summed E-state index contributed by atoms with van der Waals surface area (Å²) in [6, 6.07) is 0.808. The number of ether oxygens (including phenoxy) is 1. The topological polar surface area (TPSA) is 59.4 Å². The molecule has 0 radical (unpaired) electrons. The van der Waals surface area contributed by atoms with Gasteiger partial charge in [-0.2, -0.15) is 0 Å². The number of hydrogen-bond donors (Lipinski definition) is 1. The van der Waals surface area contributed by atoms with Gasteiger partial charge < -0.3 is 9.84 Å². The maximum atomic E-state index is 11.9. The zero-order valence-electron chi connectivity index (χ0n) is 7.58. The van der Waals surface area contributed by atoms with Crippen LogP contribution >= 0.6 is 11.6 Å². The van der Waals surface area contributed by atoms with Crippen LogP contribution in [-0.2, 0) is 5.88 Å². The molecule has 1 N–H and O–H groups in total. The Labute approximate surface area is 92.6 Å². The fraction of sp³-hybridized carbons (Fsp3) is 0.250. The lowest BCUT2D eigenvalue weighted by Gasteiger charge is -2.11. The molecule has 0 atom stereocenters. The normalized spacial score (nSPS) is 11.2. The Bertz CT molecular complexity index is 408. The summed E-state index contributed by atoms with van der Waals surface area (Å²) in [5, 5.41) is 9.21. The van der Waals surface area contributed by atoms with Crippen LogP contribution in [0.1, 0.15) is 16.2 Å². The molecule has 1 heterocycles. The highest BCUT2D eigenvalue weighted by molar-refractivity contribution is 6.16. The Morgan fingerprint density at radius 1 is 1.56 bits per heavy atom. The number of aromatic hydroxyl groups is 1. The predicted octanol–water partition coefficient (Wildman–Crippen LogP) is 2.24. The van der Waals surface area contributed by atoms with Crippen LogP contribution in [0, 0.1) is 0 Å². The molecule has 88 valence electrons. The number of alkyl halides is 4. The third-order valence-electron chi connectivity index (χ3n) is 1.51. The molecule has 1 rings (SSSR count). The minimum absolute atomic E-state index is 0.0131. The van der Waals surface area contributed by atoms with E-state index in [2.05, 4.69) is 9.72 Å². The van der Waals surface area contributed by atoms with Gasteiger partial charge in [-0.05, 0) is 0 Å². The van der Waals surface area contributed by atoms with Gasteiger partial charge in [0.25, 0.3) is 0 Å². The third-order valence-corrected chi connectivity index (χ3v) is 1.79. The zero-order valence-corrected chi connectivity index (χ0v) is 8.34. The number of halogens is 4. The van der Waals surface area contributed by atoms with Gasteiger partial charge in [0, 0.05) is 6.07 Å². The summed E-state index contributed by atoms with van der Waals surface area (Å²) in [5.74, 6) is -2.09. The van der Waals surface area contributed by atoms with Gasteiger partial charge in [0.05, 0.1) is 11.6 Å². The molecule has 4 nitrogen and oxygen atoms in total. The molecule has 0 saturated heterocycles. The fourth-order valence-electron chi connectivity index (χ4n) is 0.939. The van der Waals surface area contributed by atoms with Gasteiger partial charge in [0.1, 0.15) is 5.69 Å². The van der Waals surface area contributed by atoms with E-state index in [1.807, 2.05) is 0 Å². The second kappa shape index (κ2) is 4.56. The molecule has 0 bridgehead atoms. The lowest BCUT2D eigenvalue weighted by atomic mass is 10.3. The van der Waals surface area contributed by atoms with Crippen molar-refractivity contribution in [3.63, 3.8) is 0 Å². The molecule has 1 aromatic heterocycles. The maximum Gasteiger partial charge on any atom is 0.573 e. The van der Waals surface area contributed by atoms with E-state index < -0.39 is 23.6 Å². The van der Waals surface area contributed by atoms with Crippen LogP contribution in [-0.4, -0.2) is 22.7 Å². The van der Waals surface area contributed by atoms with Crippen molar-refractivity contribution >= 4 is 17.9 Å². The monoisotopic (exact) mass is 255 g/mol. The van der Waals surface area contributed by atoms with Crippen molar-refractivity contribution in [2.24, 2.45) is 0 Å². The summed E-state index contributed by atoms with van der Waals surface area (Å²) >= 11 is 5.35. The number of rotatable bonds is 3. The second-order valence-corrected chi connectivity index (χ2v) is 2.91. The van der Waals surface area contributed by atoms with E-state index in [9.17, 15) is 23.1 Å². The molecule has 0 aliphatic heterocycles. The van der Waals surface area contributed by atoms with Crippen LogP contribution in [0.4, 0.5) is 13.2 Å². The van der Waals surface area contributed by atoms with E-state index in [4.69, 9.17) is 11.6 Å². The molecule has 0 aliphatic rings. The first-order chi connectivity index (χ1) is 7.37. The van der Waals surface area contributed by atoms with Crippen molar-refractivity contribution in [3.8, 4) is 11.5 Å². The summed E-state index contributed by atoms with van der Waals surface area (Å²) < 4.78 is 39.3. The Balaban J connectivity index is 3.21. The number of aromatic nitrogens is 1. The fourth-order valence-corrected chi connectivity index (χ4v) is 1.08. The van der Waals surface area contributed by atoms with E-state index in [1.165, 1.54) is 0 Å². The minimum atomic E-state index is -4.97. The van der Waals surface area contributed by atoms with Crippen LogP contribution in [0.3, 0.4) is 0 Å². The summed E-state index contributed by atoms with van der Waals surface area (Å²) in [6.45, 7) is 0. The van der Waals surface area contributed by atoms with E-state index in [0.29, 0.717) is 0 Å². The van der Waals surface area contributed by atoms with Gasteiger partial charge in [-0.15, -0.1) is 24.8 Å². The summed E-state index contributed by atoms with van der Waals surface area (Å²) in [6.07, 6.45) is -4.86. The molecule has 0 spiro atoms. The molecule has 8 heteroatoms. The third kappa shape index (κ3) is 2.99. The first-order valence-corrected chi connectivity index (χ1v) is 4.40. The van der Waals surface area contributed by atoms with Gasteiger partial charge in [0.15, 0.2) is 17.8 Å². The van der Waals surface area contributed by atoms with Gasteiger partial charge in [-0.25, -0.2) is 4.98 Å². The summed E-state index contributed by atoms with van der Waals surface area (Å²) in [5.41, 5.74) is -0.571. The van der Waals surface area contributed by atoms with Crippen LogP contribution in [0.25, 0.3) is 0 Å². The lowest BCUT2D eigenvalue weighted by molar-refractivity contribution is -0.275. The highest BCUT2D eigenvalue weighted by Crippen LogP contribution is 2.33. The van der Waals surface area contributed by atoms with Crippen molar-refractivity contribution in [2.75, 3.05) is 0 Å². The highest BCUT2D eigenvalue weighted by atomic mass is 35.5.